The Bertz CT molecular complexity index is 1180. The van der Waals surface area contributed by atoms with Crippen LogP contribution in [0.2, 0.25) is 0 Å². The zero-order valence-electron chi connectivity index (χ0n) is 18.3. The van der Waals surface area contributed by atoms with Gasteiger partial charge in [0.1, 0.15) is 35.5 Å². The van der Waals surface area contributed by atoms with Gasteiger partial charge < -0.3 is 15.4 Å². The number of aryl methyl sites for hydroxylation is 1. The van der Waals surface area contributed by atoms with E-state index in [-0.39, 0.29) is 35.6 Å². The summed E-state index contributed by atoms with van der Waals surface area (Å²) >= 11 is 0. The van der Waals surface area contributed by atoms with E-state index in [1.165, 1.54) is 18.2 Å². The van der Waals surface area contributed by atoms with Crippen LogP contribution in [0.3, 0.4) is 0 Å². The van der Waals surface area contributed by atoms with Crippen LogP contribution in [0, 0.1) is 42.1 Å². The van der Waals surface area contributed by atoms with Gasteiger partial charge in [0.2, 0.25) is 5.91 Å². The van der Waals surface area contributed by atoms with E-state index < -0.39 is 29.5 Å². The summed E-state index contributed by atoms with van der Waals surface area (Å²) in [5, 5.41) is 5.91. The molecule has 2 fully saturated rings. The number of rotatable bonds is 5. The molecular weight excluding hydrogens is 433 g/mol. The van der Waals surface area contributed by atoms with Crippen molar-refractivity contribution >= 4 is 17.9 Å². The Balaban J connectivity index is 1.40. The minimum absolute atomic E-state index is 0.0780. The summed E-state index contributed by atoms with van der Waals surface area (Å²) in [5.74, 6) is -2.28. The van der Waals surface area contributed by atoms with Crippen LogP contribution in [-0.2, 0) is 9.53 Å². The molecule has 2 aromatic rings. The average molecular weight is 456 g/mol. The van der Waals surface area contributed by atoms with E-state index in [2.05, 4.69) is 20.6 Å². The van der Waals surface area contributed by atoms with Crippen LogP contribution in [0.15, 0.2) is 46.9 Å². The van der Waals surface area contributed by atoms with Gasteiger partial charge in [0, 0.05) is 23.8 Å². The Kier molecular flexibility index (Phi) is 5.14. The number of halogens is 3. The highest BCUT2D eigenvalue weighted by Crippen LogP contribution is 2.70. The fraction of sp³-hybridized carbons (Fsp3) is 0.375. The number of carbonyl (C=O) groups excluding carboxylic acids is 1. The van der Waals surface area contributed by atoms with Gasteiger partial charge in [-0.15, -0.1) is 0 Å². The first-order valence-corrected chi connectivity index (χ1v) is 10.8. The predicted molar refractivity (Wildman–Crippen MR) is 116 cm³/mol. The second-order valence-electron chi connectivity index (χ2n) is 8.89. The van der Waals surface area contributed by atoms with E-state index in [4.69, 9.17) is 4.74 Å². The number of benzene rings is 1. The van der Waals surface area contributed by atoms with Gasteiger partial charge in [0.25, 0.3) is 0 Å². The molecule has 33 heavy (non-hydrogen) atoms. The predicted octanol–water partition coefficient (Wildman–Crippen LogP) is 4.04. The first-order chi connectivity index (χ1) is 15.7. The second-order valence-corrected chi connectivity index (χ2v) is 8.89. The molecule has 172 valence electrons. The number of amides is 1. The van der Waals surface area contributed by atoms with E-state index >= 15 is 0 Å². The molecule has 2 aliphatic carbocycles. The third-order valence-electron chi connectivity index (χ3n) is 6.63. The second kappa shape index (κ2) is 7.90. The van der Waals surface area contributed by atoms with Crippen molar-refractivity contribution in [1.82, 2.24) is 10.3 Å². The Labute approximate surface area is 189 Å². The van der Waals surface area contributed by atoms with Gasteiger partial charge >= 0.3 is 0 Å². The smallest absolute Gasteiger partial charge is 0.229 e. The van der Waals surface area contributed by atoms with E-state index in [0.717, 1.165) is 18.0 Å². The molecule has 6 atom stereocenters. The molecule has 9 heteroatoms. The number of fused-ring (bicyclic) bond motifs is 1. The van der Waals surface area contributed by atoms with E-state index in [9.17, 15) is 18.0 Å². The Morgan fingerprint density at radius 1 is 1.09 bits per heavy atom. The Morgan fingerprint density at radius 2 is 1.82 bits per heavy atom. The minimum Gasteiger partial charge on any atom is -0.486 e. The third-order valence-corrected chi connectivity index (χ3v) is 6.63. The van der Waals surface area contributed by atoms with Crippen molar-refractivity contribution in [3.63, 3.8) is 0 Å². The number of hydrogen-bond acceptors (Lipinski definition) is 5. The lowest BCUT2D eigenvalue weighted by Crippen LogP contribution is -2.38. The van der Waals surface area contributed by atoms with Crippen LogP contribution in [0.4, 0.5) is 19.0 Å². The van der Waals surface area contributed by atoms with Crippen molar-refractivity contribution in [1.29, 1.82) is 0 Å². The summed E-state index contributed by atoms with van der Waals surface area (Å²) in [6, 6.07) is 4.86. The highest BCUT2D eigenvalue weighted by Gasteiger charge is 2.73. The van der Waals surface area contributed by atoms with Crippen molar-refractivity contribution in [2.45, 2.75) is 39.0 Å². The maximum Gasteiger partial charge on any atom is 0.229 e. The lowest BCUT2D eigenvalue weighted by atomic mass is 9.77. The monoisotopic (exact) mass is 456 g/mol. The van der Waals surface area contributed by atoms with Crippen LogP contribution in [0.25, 0.3) is 0 Å². The lowest BCUT2D eigenvalue weighted by Gasteiger charge is -2.37. The number of anilines is 1. The number of aliphatic imine (C=N–C) groups is 1. The zero-order chi connectivity index (χ0) is 23.4. The molecule has 2 heterocycles. The van der Waals surface area contributed by atoms with E-state index in [1.54, 1.807) is 13.1 Å². The summed E-state index contributed by atoms with van der Waals surface area (Å²) < 4.78 is 47.6. The highest BCUT2D eigenvalue weighted by atomic mass is 19.1. The van der Waals surface area contributed by atoms with Crippen molar-refractivity contribution in [2.24, 2.45) is 22.7 Å². The summed E-state index contributed by atoms with van der Waals surface area (Å²) in [6.07, 6.45) is 2.17. The fourth-order valence-corrected chi connectivity index (χ4v) is 5.02. The van der Waals surface area contributed by atoms with Crippen molar-refractivity contribution in [3.8, 4) is 0 Å². The normalized spacial score (nSPS) is 29.6. The average Bonchev–Trinajstić information content (AvgIpc) is 3.38. The molecular formula is C24H23F3N4O2. The zero-order valence-corrected chi connectivity index (χ0v) is 18.3. The first kappa shape index (κ1) is 21.5. The standard InChI is InChI=1S/C24H23F3N4O2/c1-10-4-18(29-8-16(10)27)31-24(32)22-20-19(13-5-14(25)7-15(26)6-13)23(21(20)22)33-17-9-28-12(3)30-11(17)2/h4-9,12,19-23,30H,1-3H3,(H,29,31,32)/t12?,19?,20?,21-,22+,23?/m0/s1. The molecule has 2 saturated carbocycles. The van der Waals surface area contributed by atoms with E-state index in [1.807, 2.05) is 13.8 Å². The highest BCUT2D eigenvalue weighted by molar-refractivity contribution is 5.95. The third kappa shape index (κ3) is 3.85. The number of allylic oxidation sites excluding steroid dienone is 2. The first-order valence-electron chi connectivity index (χ1n) is 10.8. The van der Waals surface area contributed by atoms with Crippen LogP contribution in [-0.4, -0.2) is 29.4 Å². The van der Waals surface area contributed by atoms with Gasteiger partial charge in [-0.2, -0.15) is 0 Å². The van der Waals surface area contributed by atoms with E-state index in [0.29, 0.717) is 16.9 Å². The molecule has 0 spiro atoms. The number of nitrogens with one attached hydrogen (secondary N) is 2. The van der Waals surface area contributed by atoms with Gasteiger partial charge in [-0.25, -0.2) is 18.2 Å². The number of aromatic nitrogens is 1. The van der Waals surface area contributed by atoms with Crippen molar-refractivity contribution in [2.75, 3.05) is 5.32 Å². The molecule has 2 N–H and O–H groups in total. The molecule has 1 amide bonds. The largest absolute Gasteiger partial charge is 0.486 e. The maximum atomic E-state index is 14.0. The molecule has 4 unspecified atom stereocenters. The molecule has 3 aliphatic rings. The lowest BCUT2D eigenvalue weighted by molar-refractivity contribution is -0.117. The molecule has 0 bridgehead atoms. The van der Waals surface area contributed by atoms with Gasteiger partial charge in [0.15, 0.2) is 5.76 Å². The van der Waals surface area contributed by atoms with Crippen LogP contribution >= 0.6 is 0 Å². The van der Waals surface area contributed by atoms with Crippen LogP contribution < -0.4 is 10.6 Å². The van der Waals surface area contributed by atoms with Crippen LogP contribution in [0.5, 0.6) is 0 Å². The topological polar surface area (TPSA) is 75.6 Å². The Hall–Kier alpha value is -3.36. The summed E-state index contributed by atoms with van der Waals surface area (Å²) in [7, 11) is 0. The number of nitrogens with zero attached hydrogens (tertiary/aromatic N) is 2. The molecule has 0 radical (unpaired) electrons. The van der Waals surface area contributed by atoms with Gasteiger partial charge in [-0.3, -0.25) is 9.79 Å². The minimum atomic E-state index is -0.676. The summed E-state index contributed by atoms with van der Waals surface area (Å²) in [5.41, 5.74) is 1.63. The van der Waals surface area contributed by atoms with Crippen molar-refractivity contribution < 1.29 is 22.7 Å². The number of pyridine rings is 1. The van der Waals surface area contributed by atoms with Crippen molar-refractivity contribution in [3.05, 3.63) is 70.5 Å². The van der Waals surface area contributed by atoms with Gasteiger partial charge in [-0.1, -0.05) is 0 Å². The SMILES string of the molecule is CC1=C(OC2C(c3cc(F)cc(F)c3)C3[C@H]2[C@@H]3C(=O)Nc2cc(C)c(F)cn2)C=NC(C)N1. The number of ether oxygens (including phenoxy) is 1. The molecule has 5 rings (SSSR count). The summed E-state index contributed by atoms with van der Waals surface area (Å²) in [6.45, 7) is 5.35. The number of carbonyl (C=O) groups is 1. The quantitative estimate of drug-likeness (QED) is 0.712. The molecule has 1 aliphatic heterocycles. The summed E-state index contributed by atoms with van der Waals surface area (Å²) in [4.78, 5) is 21.2. The molecule has 1 aromatic carbocycles. The van der Waals surface area contributed by atoms with Gasteiger partial charge in [0.05, 0.1) is 18.1 Å². The number of hydrogen-bond donors (Lipinski definition) is 2. The Morgan fingerprint density at radius 3 is 2.48 bits per heavy atom. The molecule has 0 saturated heterocycles. The maximum absolute atomic E-state index is 14.0. The molecule has 6 nitrogen and oxygen atoms in total. The van der Waals surface area contributed by atoms with Gasteiger partial charge in [-0.05, 0) is 56.0 Å². The van der Waals surface area contributed by atoms with Crippen LogP contribution in [0.1, 0.15) is 30.9 Å². The fourth-order valence-electron chi connectivity index (χ4n) is 5.02. The molecule has 1 aromatic heterocycles.